The summed E-state index contributed by atoms with van der Waals surface area (Å²) in [6, 6.07) is 1.29. The van der Waals surface area contributed by atoms with Crippen molar-refractivity contribution < 1.29 is 27.2 Å². The van der Waals surface area contributed by atoms with Crippen LogP contribution in [-0.4, -0.2) is 60.5 Å². The first-order chi connectivity index (χ1) is 12.3. The number of piperazine rings is 2. The van der Waals surface area contributed by atoms with Gasteiger partial charge in [0.25, 0.3) is 0 Å². The summed E-state index contributed by atoms with van der Waals surface area (Å²) in [5.74, 6) is -1.17. The lowest BCUT2D eigenvalue weighted by molar-refractivity contribution is -0.137. The van der Waals surface area contributed by atoms with E-state index in [-0.39, 0.29) is 24.6 Å². The fourth-order valence-electron chi connectivity index (χ4n) is 3.11. The van der Waals surface area contributed by atoms with Crippen LogP contribution in [0.2, 0.25) is 0 Å². The summed E-state index contributed by atoms with van der Waals surface area (Å²) in [5.41, 5.74) is -1.12. The number of amides is 3. The van der Waals surface area contributed by atoms with Gasteiger partial charge in [-0.1, -0.05) is 6.07 Å². The van der Waals surface area contributed by atoms with Gasteiger partial charge in [-0.3, -0.25) is 9.69 Å². The van der Waals surface area contributed by atoms with Crippen molar-refractivity contribution in [2.75, 3.05) is 32.7 Å². The topological polar surface area (TPSA) is 64.7 Å². The van der Waals surface area contributed by atoms with Crippen molar-refractivity contribution in [1.82, 2.24) is 20.4 Å². The number of fused-ring (bicyclic) bond motifs is 1. The number of benzene rings is 1. The van der Waals surface area contributed by atoms with Crippen molar-refractivity contribution in [2.24, 2.45) is 0 Å². The molecule has 2 aliphatic rings. The molecule has 2 N–H and O–H groups in total. The molecule has 0 aromatic heterocycles. The lowest BCUT2D eigenvalue weighted by Gasteiger charge is -2.42. The second-order valence-corrected chi connectivity index (χ2v) is 6.25. The minimum Gasteiger partial charge on any atom is -0.353 e. The molecule has 0 saturated carbocycles. The minimum absolute atomic E-state index is 0.0413. The van der Waals surface area contributed by atoms with Gasteiger partial charge in [0.2, 0.25) is 5.91 Å². The van der Waals surface area contributed by atoms with E-state index in [1.54, 1.807) is 0 Å². The lowest BCUT2D eigenvalue weighted by Crippen LogP contribution is -2.65. The lowest BCUT2D eigenvalue weighted by atomic mass is 10.1. The number of nitrogens with zero attached hydrogens (tertiary/aromatic N) is 2. The summed E-state index contributed by atoms with van der Waals surface area (Å²) >= 11 is 0. The number of urea groups is 1. The fourth-order valence-corrected chi connectivity index (χ4v) is 3.11. The van der Waals surface area contributed by atoms with Crippen LogP contribution < -0.4 is 10.6 Å². The molecule has 0 aliphatic carbocycles. The van der Waals surface area contributed by atoms with E-state index in [0.717, 1.165) is 18.7 Å². The Morgan fingerprint density at radius 1 is 1.27 bits per heavy atom. The van der Waals surface area contributed by atoms with Crippen LogP contribution in [0.5, 0.6) is 0 Å². The fraction of sp³-hybridized carbons (Fsp3) is 0.500. The van der Waals surface area contributed by atoms with E-state index >= 15 is 0 Å². The van der Waals surface area contributed by atoms with E-state index in [1.165, 1.54) is 4.90 Å². The molecular weight excluding hydrogens is 356 g/mol. The van der Waals surface area contributed by atoms with Gasteiger partial charge in [0, 0.05) is 44.8 Å². The molecule has 1 unspecified atom stereocenters. The van der Waals surface area contributed by atoms with Crippen LogP contribution in [0, 0.1) is 5.82 Å². The van der Waals surface area contributed by atoms with Gasteiger partial charge < -0.3 is 15.5 Å². The first-order valence-electron chi connectivity index (χ1n) is 8.16. The van der Waals surface area contributed by atoms with Crippen LogP contribution in [0.3, 0.4) is 0 Å². The molecule has 0 radical (unpaired) electrons. The molecule has 3 amide bonds. The Balaban J connectivity index is 1.58. The molecule has 10 heteroatoms. The number of carbonyl (C=O) groups is 2. The molecule has 0 bridgehead atoms. The molecule has 1 aromatic carbocycles. The predicted molar refractivity (Wildman–Crippen MR) is 83.6 cm³/mol. The number of rotatable bonds is 2. The van der Waals surface area contributed by atoms with Crippen molar-refractivity contribution in [3.05, 3.63) is 35.1 Å². The molecule has 6 nitrogen and oxygen atoms in total. The second kappa shape index (κ2) is 7.10. The highest BCUT2D eigenvalue weighted by Gasteiger charge is 2.36. The highest BCUT2D eigenvalue weighted by Crippen LogP contribution is 2.30. The van der Waals surface area contributed by atoms with Gasteiger partial charge in [0.15, 0.2) is 0 Å². The number of hydrogen-bond acceptors (Lipinski definition) is 3. The first kappa shape index (κ1) is 18.4. The number of hydrogen-bond donors (Lipinski definition) is 2. The predicted octanol–water partition coefficient (Wildman–Crippen LogP) is 1.17. The Morgan fingerprint density at radius 3 is 2.73 bits per heavy atom. The number of alkyl halides is 3. The van der Waals surface area contributed by atoms with Gasteiger partial charge in [0.1, 0.15) is 11.9 Å². The monoisotopic (exact) mass is 374 g/mol. The zero-order chi connectivity index (χ0) is 18.9. The molecule has 1 atom stereocenters. The van der Waals surface area contributed by atoms with E-state index in [0.29, 0.717) is 25.7 Å². The van der Waals surface area contributed by atoms with Crippen LogP contribution in [0.25, 0.3) is 0 Å². The molecule has 142 valence electrons. The van der Waals surface area contributed by atoms with Crippen molar-refractivity contribution in [1.29, 1.82) is 0 Å². The van der Waals surface area contributed by atoms with E-state index in [4.69, 9.17) is 0 Å². The number of nitrogens with one attached hydrogen (secondary N) is 2. The zero-order valence-corrected chi connectivity index (χ0v) is 13.8. The third-order valence-electron chi connectivity index (χ3n) is 4.59. The van der Waals surface area contributed by atoms with E-state index in [2.05, 4.69) is 10.6 Å². The van der Waals surface area contributed by atoms with Crippen molar-refractivity contribution in [2.45, 2.75) is 18.8 Å². The largest absolute Gasteiger partial charge is 0.416 e. The number of halogens is 4. The normalized spacial score (nSPS) is 21.2. The van der Waals surface area contributed by atoms with E-state index in [1.807, 2.05) is 4.90 Å². The first-order valence-corrected chi connectivity index (χ1v) is 8.16. The van der Waals surface area contributed by atoms with Crippen molar-refractivity contribution in [3.63, 3.8) is 0 Å². The standard InChI is InChI=1S/C16H18F4N4O2/c17-12-7-11(16(18,19)20)2-1-10(12)8-22-15(26)24-6-5-23-4-3-21-14(25)13(23)9-24/h1-2,7,13H,3-6,8-9H2,(H,21,25)(H,22,26). The molecule has 2 aliphatic heterocycles. The third kappa shape index (κ3) is 3.90. The molecule has 2 saturated heterocycles. The van der Waals surface area contributed by atoms with Crippen LogP contribution in [-0.2, 0) is 17.5 Å². The Morgan fingerprint density at radius 2 is 2.04 bits per heavy atom. The Bertz CT molecular complexity index is 710. The maximum absolute atomic E-state index is 13.8. The molecule has 26 heavy (non-hydrogen) atoms. The average molecular weight is 374 g/mol. The maximum atomic E-state index is 13.8. The number of carbonyl (C=O) groups excluding carboxylic acids is 2. The summed E-state index contributed by atoms with van der Waals surface area (Å²) in [5, 5.41) is 5.24. The van der Waals surface area contributed by atoms with Crippen LogP contribution in [0.1, 0.15) is 11.1 Å². The van der Waals surface area contributed by atoms with Gasteiger partial charge in [-0.15, -0.1) is 0 Å². The summed E-state index contributed by atoms with van der Waals surface area (Å²) < 4.78 is 51.5. The van der Waals surface area contributed by atoms with Gasteiger partial charge >= 0.3 is 12.2 Å². The van der Waals surface area contributed by atoms with E-state index < -0.39 is 29.6 Å². The molecular formula is C16H18F4N4O2. The molecule has 0 spiro atoms. The smallest absolute Gasteiger partial charge is 0.353 e. The van der Waals surface area contributed by atoms with Crippen LogP contribution in [0.4, 0.5) is 22.4 Å². The summed E-state index contributed by atoms with van der Waals surface area (Å²) in [6.45, 7) is 2.26. The van der Waals surface area contributed by atoms with Gasteiger partial charge in [0.05, 0.1) is 5.56 Å². The van der Waals surface area contributed by atoms with Crippen molar-refractivity contribution in [3.8, 4) is 0 Å². The quantitative estimate of drug-likeness (QED) is 0.764. The maximum Gasteiger partial charge on any atom is 0.416 e. The third-order valence-corrected chi connectivity index (χ3v) is 4.59. The molecule has 1 aromatic rings. The second-order valence-electron chi connectivity index (χ2n) is 6.25. The Labute approximate surface area is 147 Å². The summed E-state index contributed by atoms with van der Waals surface area (Å²) in [4.78, 5) is 27.6. The zero-order valence-electron chi connectivity index (χ0n) is 13.8. The minimum atomic E-state index is -4.62. The molecule has 2 heterocycles. The van der Waals surface area contributed by atoms with Gasteiger partial charge in [-0.25, -0.2) is 9.18 Å². The van der Waals surface area contributed by atoms with Gasteiger partial charge in [-0.05, 0) is 12.1 Å². The Hall–Kier alpha value is -2.36. The SMILES string of the molecule is O=C1NCCN2CCN(C(=O)NCc3ccc(C(F)(F)F)cc3F)CC12. The van der Waals surface area contributed by atoms with Crippen LogP contribution >= 0.6 is 0 Å². The van der Waals surface area contributed by atoms with E-state index in [9.17, 15) is 27.2 Å². The average Bonchev–Trinajstić information content (AvgIpc) is 2.59. The summed E-state index contributed by atoms with van der Waals surface area (Å²) in [6.07, 6.45) is -4.62. The summed E-state index contributed by atoms with van der Waals surface area (Å²) in [7, 11) is 0. The van der Waals surface area contributed by atoms with Crippen molar-refractivity contribution >= 4 is 11.9 Å². The highest BCUT2D eigenvalue weighted by atomic mass is 19.4. The highest BCUT2D eigenvalue weighted by molar-refractivity contribution is 5.84. The van der Waals surface area contributed by atoms with Crippen LogP contribution in [0.15, 0.2) is 18.2 Å². The Kier molecular flexibility index (Phi) is 5.03. The van der Waals surface area contributed by atoms with Gasteiger partial charge in [-0.2, -0.15) is 13.2 Å². The molecule has 2 fully saturated rings. The molecule has 3 rings (SSSR count).